The van der Waals surface area contributed by atoms with Crippen molar-refractivity contribution in [2.45, 2.75) is 19.3 Å². The second kappa shape index (κ2) is 7.65. The van der Waals surface area contributed by atoms with E-state index in [9.17, 15) is 20.0 Å². The average Bonchev–Trinajstić information content (AvgIpc) is 2.59. The minimum Gasteiger partial charge on any atom is -0.493 e. The lowest BCUT2D eigenvalue weighted by Gasteiger charge is -2.15. The molecule has 0 aliphatic carbocycles. The number of nitro groups is 1. The minimum atomic E-state index is -1.05. The summed E-state index contributed by atoms with van der Waals surface area (Å²) in [4.78, 5) is 22.6. The van der Waals surface area contributed by atoms with Crippen molar-refractivity contribution in [1.29, 1.82) is 0 Å². The van der Waals surface area contributed by atoms with Crippen LogP contribution >= 0.6 is 0 Å². The Morgan fingerprint density at radius 2 is 1.72 bits per heavy atom. The van der Waals surface area contributed by atoms with Crippen LogP contribution in [-0.2, 0) is 11.2 Å². The molecule has 0 aliphatic rings. The molecule has 0 saturated heterocycles. The van der Waals surface area contributed by atoms with Crippen molar-refractivity contribution >= 4 is 11.7 Å². The van der Waals surface area contributed by atoms with Gasteiger partial charge in [-0.25, -0.2) is 0 Å². The topological polar surface area (TPSA) is 98.9 Å². The molecule has 2 aromatic carbocycles. The number of carboxylic acids is 1. The molecule has 0 aliphatic heterocycles. The van der Waals surface area contributed by atoms with Gasteiger partial charge in [0.05, 0.1) is 31.1 Å². The maximum atomic E-state index is 11.7. The molecule has 7 nitrogen and oxygen atoms in total. The van der Waals surface area contributed by atoms with Gasteiger partial charge in [0.15, 0.2) is 11.5 Å². The number of nitro benzene ring substituents is 1. The van der Waals surface area contributed by atoms with Crippen molar-refractivity contribution in [3.63, 3.8) is 0 Å². The van der Waals surface area contributed by atoms with Crippen LogP contribution in [0, 0.1) is 17.0 Å². The van der Waals surface area contributed by atoms with Crippen molar-refractivity contribution < 1.29 is 24.3 Å². The highest BCUT2D eigenvalue weighted by Gasteiger charge is 2.26. The summed E-state index contributed by atoms with van der Waals surface area (Å²) in [5, 5.41) is 21.0. The van der Waals surface area contributed by atoms with Gasteiger partial charge in [0.2, 0.25) is 0 Å². The molecular formula is C18H19NO6. The second-order valence-electron chi connectivity index (χ2n) is 5.60. The van der Waals surface area contributed by atoms with E-state index in [1.54, 1.807) is 12.1 Å². The van der Waals surface area contributed by atoms with Crippen LogP contribution in [0.2, 0.25) is 0 Å². The van der Waals surface area contributed by atoms with E-state index >= 15 is 0 Å². The lowest BCUT2D eigenvalue weighted by atomic mass is 9.90. The van der Waals surface area contributed by atoms with E-state index in [-0.39, 0.29) is 23.4 Å². The molecule has 0 radical (unpaired) electrons. The van der Waals surface area contributed by atoms with Gasteiger partial charge in [-0.15, -0.1) is 0 Å². The molecule has 0 aromatic heterocycles. The summed E-state index contributed by atoms with van der Waals surface area (Å²) in [6.07, 6.45) is -0.0327. The van der Waals surface area contributed by atoms with Gasteiger partial charge >= 0.3 is 5.97 Å². The monoisotopic (exact) mass is 345 g/mol. The Hall–Kier alpha value is -3.09. The van der Waals surface area contributed by atoms with E-state index < -0.39 is 16.8 Å². The van der Waals surface area contributed by atoms with Gasteiger partial charge in [-0.3, -0.25) is 14.9 Å². The molecule has 0 heterocycles. The maximum absolute atomic E-state index is 11.7. The van der Waals surface area contributed by atoms with Crippen LogP contribution in [0.1, 0.15) is 22.6 Å². The summed E-state index contributed by atoms with van der Waals surface area (Å²) in [6.45, 7) is 1.90. The van der Waals surface area contributed by atoms with E-state index in [2.05, 4.69) is 0 Å². The average molecular weight is 345 g/mol. The summed E-state index contributed by atoms with van der Waals surface area (Å²) in [6, 6.07) is 9.79. The largest absolute Gasteiger partial charge is 0.493 e. The number of rotatable bonds is 7. The van der Waals surface area contributed by atoms with Crippen molar-refractivity contribution in [2.75, 3.05) is 14.2 Å². The predicted molar refractivity (Wildman–Crippen MR) is 91.5 cm³/mol. The SMILES string of the molecule is COc1cc(CC(C(=O)O)c2ccc(C)cc2)c([N+](=O)[O-])cc1OC. The number of hydrogen-bond donors (Lipinski definition) is 1. The minimum absolute atomic E-state index is 0.0327. The number of carbonyl (C=O) groups is 1. The van der Waals surface area contributed by atoms with Crippen molar-refractivity contribution in [3.05, 3.63) is 63.2 Å². The Bertz CT molecular complexity index is 785. The first-order chi connectivity index (χ1) is 11.9. The van der Waals surface area contributed by atoms with Gasteiger partial charge in [0.25, 0.3) is 5.69 Å². The smallest absolute Gasteiger partial charge is 0.311 e. The first kappa shape index (κ1) is 18.3. The van der Waals surface area contributed by atoms with E-state index in [0.717, 1.165) is 5.56 Å². The van der Waals surface area contributed by atoms with Crippen molar-refractivity contribution in [2.24, 2.45) is 0 Å². The van der Waals surface area contributed by atoms with Crippen LogP contribution in [0.5, 0.6) is 11.5 Å². The molecule has 0 amide bonds. The van der Waals surface area contributed by atoms with Gasteiger partial charge in [-0.1, -0.05) is 29.8 Å². The van der Waals surface area contributed by atoms with E-state index in [1.165, 1.54) is 26.4 Å². The van der Waals surface area contributed by atoms with Gasteiger partial charge < -0.3 is 14.6 Å². The molecule has 0 saturated carbocycles. The third-order valence-corrected chi connectivity index (χ3v) is 3.98. The zero-order valence-electron chi connectivity index (χ0n) is 14.2. The molecule has 2 aromatic rings. The Morgan fingerprint density at radius 3 is 2.20 bits per heavy atom. The highest BCUT2D eigenvalue weighted by Crippen LogP contribution is 2.36. The summed E-state index contributed by atoms with van der Waals surface area (Å²) >= 11 is 0. The molecule has 2 rings (SSSR count). The molecule has 132 valence electrons. The molecule has 0 fully saturated rings. The third kappa shape index (κ3) is 4.06. The zero-order chi connectivity index (χ0) is 18.6. The fourth-order valence-electron chi connectivity index (χ4n) is 2.61. The lowest BCUT2D eigenvalue weighted by molar-refractivity contribution is -0.385. The van der Waals surface area contributed by atoms with Crippen LogP contribution in [0.15, 0.2) is 36.4 Å². The number of benzene rings is 2. The highest BCUT2D eigenvalue weighted by atomic mass is 16.6. The van der Waals surface area contributed by atoms with Crippen LogP contribution < -0.4 is 9.47 Å². The van der Waals surface area contributed by atoms with Gasteiger partial charge in [0, 0.05) is 5.56 Å². The molecule has 0 spiro atoms. The number of aliphatic carboxylic acids is 1. The fraction of sp³-hybridized carbons (Fsp3) is 0.278. The summed E-state index contributed by atoms with van der Waals surface area (Å²) < 4.78 is 10.3. The van der Waals surface area contributed by atoms with Crippen molar-refractivity contribution in [3.8, 4) is 11.5 Å². The van der Waals surface area contributed by atoms with Gasteiger partial charge in [-0.2, -0.15) is 0 Å². The molecule has 1 atom stereocenters. The lowest BCUT2D eigenvalue weighted by Crippen LogP contribution is -2.15. The molecule has 25 heavy (non-hydrogen) atoms. The standard InChI is InChI=1S/C18H19NO6/c1-11-4-6-12(7-5-11)14(18(20)21)8-13-9-16(24-2)17(25-3)10-15(13)19(22)23/h4-7,9-10,14H,8H2,1-3H3,(H,20,21). The molecule has 1 N–H and O–H groups in total. The van der Waals surface area contributed by atoms with Crippen LogP contribution in [0.3, 0.4) is 0 Å². The number of methoxy groups -OCH3 is 2. The Labute approximate surface area is 145 Å². The first-order valence-corrected chi connectivity index (χ1v) is 7.56. The summed E-state index contributed by atoms with van der Waals surface area (Å²) in [5.41, 5.74) is 1.67. The number of carboxylic acid groups (broad SMARTS) is 1. The number of ether oxygens (including phenoxy) is 2. The summed E-state index contributed by atoms with van der Waals surface area (Å²) in [7, 11) is 2.80. The molecule has 1 unspecified atom stereocenters. The highest BCUT2D eigenvalue weighted by molar-refractivity contribution is 5.77. The number of nitrogens with zero attached hydrogens (tertiary/aromatic N) is 1. The van der Waals surface area contributed by atoms with Crippen LogP contribution in [0.25, 0.3) is 0 Å². The Balaban J connectivity index is 2.49. The Morgan fingerprint density at radius 1 is 1.16 bits per heavy atom. The predicted octanol–water partition coefficient (Wildman–Crippen LogP) is 3.33. The third-order valence-electron chi connectivity index (χ3n) is 3.98. The van der Waals surface area contributed by atoms with E-state index in [0.29, 0.717) is 11.3 Å². The molecule has 7 heteroatoms. The second-order valence-corrected chi connectivity index (χ2v) is 5.60. The van der Waals surface area contributed by atoms with Gasteiger partial charge in [-0.05, 0) is 25.0 Å². The summed E-state index contributed by atoms with van der Waals surface area (Å²) in [5.74, 6) is -1.42. The maximum Gasteiger partial charge on any atom is 0.311 e. The number of aryl methyl sites for hydroxylation is 1. The normalized spacial score (nSPS) is 11.6. The fourth-order valence-corrected chi connectivity index (χ4v) is 2.61. The zero-order valence-corrected chi connectivity index (χ0v) is 14.2. The first-order valence-electron chi connectivity index (χ1n) is 7.56. The van der Waals surface area contributed by atoms with E-state index in [1.807, 2.05) is 19.1 Å². The Kier molecular flexibility index (Phi) is 5.59. The van der Waals surface area contributed by atoms with E-state index in [4.69, 9.17) is 9.47 Å². The quantitative estimate of drug-likeness (QED) is 0.610. The molecule has 0 bridgehead atoms. The van der Waals surface area contributed by atoms with Crippen molar-refractivity contribution in [1.82, 2.24) is 0 Å². The number of hydrogen-bond acceptors (Lipinski definition) is 5. The van der Waals surface area contributed by atoms with Crippen LogP contribution in [-0.4, -0.2) is 30.2 Å². The van der Waals surface area contributed by atoms with Crippen LogP contribution in [0.4, 0.5) is 5.69 Å². The molecular weight excluding hydrogens is 326 g/mol. The van der Waals surface area contributed by atoms with Gasteiger partial charge in [0.1, 0.15) is 0 Å².